The van der Waals surface area contributed by atoms with E-state index in [1.54, 1.807) is 0 Å². The Kier molecular flexibility index (Phi) is 9.57. The van der Waals surface area contributed by atoms with Crippen LogP contribution in [-0.4, -0.2) is 10.7 Å². The molecule has 1 aliphatic rings. The number of ether oxygens (including phenoxy) is 1. The Morgan fingerprint density at radius 1 is 0.933 bits per heavy atom. The topological polar surface area (TPSA) is 29.5 Å². The zero-order chi connectivity index (χ0) is 22.3. The molecule has 3 atom stereocenters. The molecule has 0 spiro atoms. The van der Waals surface area contributed by atoms with Crippen molar-refractivity contribution in [3.05, 3.63) is 22.8 Å². The first kappa shape index (κ1) is 25.1. The molecule has 0 saturated heterocycles. The van der Waals surface area contributed by atoms with Gasteiger partial charge in [0.25, 0.3) is 0 Å². The number of aromatic hydroxyl groups is 1. The second kappa shape index (κ2) is 11.4. The second-order valence-electron chi connectivity index (χ2n) is 11.1. The van der Waals surface area contributed by atoms with E-state index in [-0.39, 0.29) is 5.60 Å². The first-order valence-corrected chi connectivity index (χ1v) is 12.6. The van der Waals surface area contributed by atoms with Crippen LogP contribution in [0.4, 0.5) is 0 Å². The fraction of sp³-hybridized carbons (Fsp3) is 0.786. The van der Waals surface area contributed by atoms with E-state index in [0.29, 0.717) is 5.75 Å². The van der Waals surface area contributed by atoms with E-state index >= 15 is 0 Å². The molecule has 172 valence electrons. The molecule has 1 aromatic carbocycles. The van der Waals surface area contributed by atoms with E-state index in [1.165, 1.54) is 56.9 Å². The van der Waals surface area contributed by atoms with Crippen molar-refractivity contribution in [2.24, 2.45) is 17.8 Å². The smallest absolute Gasteiger partial charge is 0.124 e. The summed E-state index contributed by atoms with van der Waals surface area (Å²) in [6, 6.07) is 2.03. The van der Waals surface area contributed by atoms with Crippen molar-refractivity contribution < 1.29 is 9.84 Å². The van der Waals surface area contributed by atoms with E-state index < -0.39 is 0 Å². The molecular formula is C28H48O2. The molecule has 1 heterocycles. The van der Waals surface area contributed by atoms with Crippen LogP contribution in [0.15, 0.2) is 6.07 Å². The summed E-state index contributed by atoms with van der Waals surface area (Å²) < 4.78 is 6.47. The molecule has 0 amide bonds. The number of phenols is 1. The Morgan fingerprint density at radius 3 is 2.10 bits per heavy atom. The normalized spacial score (nSPS) is 20.7. The fourth-order valence-electron chi connectivity index (χ4n) is 5.06. The van der Waals surface area contributed by atoms with Crippen LogP contribution in [0.5, 0.6) is 11.5 Å². The number of phenolic OH excluding ortho intramolecular Hbond substituents is 1. The number of benzene rings is 1. The molecule has 2 heteroatoms. The van der Waals surface area contributed by atoms with E-state index in [4.69, 9.17) is 4.74 Å². The molecule has 2 nitrogen and oxygen atoms in total. The average Bonchev–Trinajstić information content (AvgIpc) is 2.65. The van der Waals surface area contributed by atoms with Crippen LogP contribution in [0.3, 0.4) is 0 Å². The lowest BCUT2D eigenvalue weighted by Crippen LogP contribution is -2.36. The maximum Gasteiger partial charge on any atom is 0.124 e. The van der Waals surface area contributed by atoms with Gasteiger partial charge in [0.15, 0.2) is 0 Å². The number of fused-ring (bicyclic) bond motifs is 1. The van der Waals surface area contributed by atoms with Crippen molar-refractivity contribution in [1.29, 1.82) is 0 Å². The van der Waals surface area contributed by atoms with Gasteiger partial charge in [-0.2, -0.15) is 0 Å². The molecule has 0 aliphatic carbocycles. The SMILES string of the molecule is Cc1cc2c(c(C)c1O)CC[C@](C)(CCC[C@@H](C)CCC[C@@H](C)CCCC(C)C)O2. The van der Waals surface area contributed by atoms with E-state index in [2.05, 4.69) is 34.6 Å². The third kappa shape index (κ3) is 7.50. The van der Waals surface area contributed by atoms with Crippen molar-refractivity contribution >= 4 is 0 Å². The lowest BCUT2D eigenvalue weighted by molar-refractivity contribution is 0.0520. The van der Waals surface area contributed by atoms with Crippen molar-refractivity contribution in [3.63, 3.8) is 0 Å². The number of hydrogen-bond acceptors (Lipinski definition) is 2. The maximum absolute atomic E-state index is 10.2. The predicted octanol–water partition coefficient (Wildman–Crippen LogP) is 8.53. The number of rotatable bonds is 12. The average molecular weight is 417 g/mol. The number of hydrogen-bond donors (Lipinski definition) is 1. The van der Waals surface area contributed by atoms with Crippen molar-refractivity contribution in [2.75, 3.05) is 0 Å². The molecular weight excluding hydrogens is 368 g/mol. The molecule has 0 unspecified atom stereocenters. The molecule has 1 N–H and O–H groups in total. The van der Waals surface area contributed by atoms with E-state index in [0.717, 1.165) is 53.9 Å². The molecule has 30 heavy (non-hydrogen) atoms. The zero-order valence-electron chi connectivity index (χ0n) is 20.9. The van der Waals surface area contributed by atoms with Gasteiger partial charge in [0.05, 0.1) is 0 Å². The summed E-state index contributed by atoms with van der Waals surface area (Å²) in [7, 11) is 0. The molecule has 0 radical (unpaired) electrons. The highest BCUT2D eigenvalue weighted by Gasteiger charge is 2.32. The Balaban J connectivity index is 1.68. The van der Waals surface area contributed by atoms with Gasteiger partial charge >= 0.3 is 0 Å². The Hall–Kier alpha value is -1.18. The van der Waals surface area contributed by atoms with Gasteiger partial charge in [-0.3, -0.25) is 0 Å². The lowest BCUT2D eigenvalue weighted by atomic mass is 9.85. The van der Waals surface area contributed by atoms with Crippen LogP contribution in [0.1, 0.15) is 116 Å². The van der Waals surface area contributed by atoms with Gasteiger partial charge < -0.3 is 9.84 Å². The summed E-state index contributed by atoms with van der Waals surface area (Å²) in [6.45, 7) is 15.8. The van der Waals surface area contributed by atoms with Gasteiger partial charge in [-0.15, -0.1) is 0 Å². The van der Waals surface area contributed by atoms with Crippen LogP contribution < -0.4 is 4.74 Å². The van der Waals surface area contributed by atoms with E-state index in [1.807, 2.05) is 19.9 Å². The Morgan fingerprint density at radius 2 is 1.50 bits per heavy atom. The first-order chi connectivity index (χ1) is 14.1. The van der Waals surface area contributed by atoms with Crippen molar-refractivity contribution in [1.82, 2.24) is 0 Å². The predicted molar refractivity (Wildman–Crippen MR) is 130 cm³/mol. The summed E-state index contributed by atoms with van der Waals surface area (Å²) in [6.07, 6.45) is 14.1. The molecule has 1 aliphatic heterocycles. The lowest BCUT2D eigenvalue weighted by Gasteiger charge is -2.37. The van der Waals surface area contributed by atoms with Crippen LogP contribution in [-0.2, 0) is 6.42 Å². The first-order valence-electron chi connectivity index (χ1n) is 12.6. The van der Waals surface area contributed by atoms with Gasteiger partial charge in [-0.1, -0.05) is 72.6 Å². The summed E-state index contributed by atoms with van der Waals surface area (Å²) in [4.78, 5) is 0. The second-order valence-corrected chi connectivity index (χ2v) is 11.1. The van der Waals surface area contributed by atoms with Crippen molar-refractivity contribution in [3.8, 4) is 11.5 Å². The molecule has 0 aromatic heterocycles. The summed E-state index contributed by atoms with van der Waals surface area (Å²) in [5.41, 5.74) is 3.06. The largest absolute Gasteiger partial charge is 0.507 e. The highest BCUT2D eigenvalue weighted by atomic mass is 16.5. The summed E-state index contributed by atoms with van der Waals surface area (Å²) in [5.74, 6) is 3.98. The molecule has 0 fully saturated rings. The van der Waals surface area contributed by atoms with Crippen LogP contribution in [0, 0.1) is 31.6 Å². The quantitative estimate of drug-likeness (QED) is 0.370. The van der Waals surface area contributed by atoms with Gasteiger partial charge in [-0.25, -0.2) is 0 Å². The van der Waals surface area contributed by atoms with Crippen LogP contribution in [0.25, 0.3) is 0 Å². The fourth-order valence-corrected chi connectivity index (χ4v) is 5.06. The zero-order valence-corrected chi connectivity index (χ0v) is 20.9. The standard InChI is InChI=1S/C28H48O2/c1-20(2)11-8-12-21(3)13-9-14-22(4)15-10-17-28(7)18-16-25-24(6)27(29)23(5)19-26(25)30-28/h19-22,29H,8-18H2,1-7H3/t21-,22-,28-/m0/s1. The van der Waals surface area contributed by atoms with Gasteiger partial charge in [0.2, 0.25) is 0 Å². The van der Waals surface area contributed by atoms with Gasteiger partial charge in [0, 0.05) is 5.56 Å². The highest BCUT2D eigenvalue weighted by Crippen LogP contribution is 2.41. The van der Waals surface area contributed by atoms with Gasteiger partial charge in [-0.05, 0) is 81.4 Å². The minimum absolute atomic E-state index is 0.0620. The monoisotopic (exact) mass is 416 g/mol. The van der Waals surface area contributed by atoms with Gasteiger partial charge in [0.1, 0.15) is 17.1 Å². The third-order valence-electron chi connectivity index (χ3n) is 7.36. The third-order valence-corrected chi connectivity index (χ3v) is 7.36. The van der Waals surface area contributed by atoms with Crippen LogP contribution >= 0.6 is 0 Å². The van der Waals surface area contributed by atoms with E-state index in [9.17, 15) is 5.11 Å². The molecule has 0 bridgehead atoms. The minimum Gasteiger partial charge on any atom is -0.507 e. The molecule has 0 saturated carbocycles. The van der Waals surface area contributed by atoms with Crippen LogP contribution in [0.2, 0.25) is 0 Å². The Bertz CT molecular complexity index is 663. The molecule has 2 rings (SSSR count). The summed E-state index contributed by atoms with van der Waals surface area (Å²) >= 11 is 0. The maximum atomic E-state index is 10.2. The number of aryl methyl sites for hydroxylation is 1. The van der Waals surface area contributed by atoms with Crippen molar-refractivity contribution in [2.45, 2.75) is 125 Å². The molecule has 1 aromatic rings. The summed E-state index contributed by atoms with van der Waals surface area (Å²) in [5, 5.41) is 10.2. The Labute approximate surface area is 186 Å². The highest BCUT2D eigenvalue weighted by molar-refractivity contribution is 5.53. The minimum atomic E-state index is -0.0620.